The quantitative estimate of drug-likeness (QED) is 0.825. The van der Waals surface area contributed by atoms with Crippen LogP contribution in [0.25, 0.3) is 0 Å². The van der Waals surface area contributed by atoms with Crippen molar-refractivity contribution in [2.75, 3.05) is 29.0 Å². The van der Waals surface area contributed by atoms with E-state index in [2.05, 4.69) is 5.32 Å². The van der Waals surface area contributed by atoms with E-state index < -0.39 is 10.0 Å². The zero-order chi connectivity index (χ0) is 19.4. The third-order valence-electron chi connectivity index (χ3n) is 4.66. The molecule has 6 nitrogen and oxygen atoms in total. The normalized spacial score (nSPS) is 13.8. The van der Waals surface area contributed by atoms with E-state index in [1.807, 2.05) is 30.3 Å². The number of carbonyl (C=O) groups is 1. The summed E-state index contributed by atoms with van der Waals surface area (Å²) in [7, 11) is -1.68. The molecule has 1 heterocycles. The van der Waals surface area contributed by atoms with Crippen molar-refractivity contribution in [2.45, 2.75) is 26.2 Å². The number of nitrogens with one attached hydrogen (secondary N) is 1. The van der Waals surface area contributed by atoms with Gasteiger partial charge in [0.2, 0.25) is 15.9 Å². The van der Waals surface area contributed by atoms with Gasteiger partial charge >= 0.3 is 0 Å². The van der Waals surface area contributed by atoms with Crippen LogP contribution in [0.5, 0.6) is 5.75 Å². The van der Waals surface area contributed by atoms with Crippen LogP contribution in [0, 0.1) is 0 Å². The molecule has 0 fully saturated rings. The average molecular weight is 388 g/mol. The number of rotatable bonds is 6. The Balaban J connectivity index is 1.72. The first-order chi connectivity index (χ1) is 12.9. The number of methoxy groups -OCH3 is 1. The summed E-state index contributed by atoms with van der Waals surface area (Å²) >= 11 is 0. The fourth-order valence-electron chi connectivity index (χ4n) is 3.22. The number of amides is 1. The zero-order valence-electron chi connectivity index (χ0n) is 15.6. The van der Waals surface area contributed by atoms with Gasteiger partial charge in [-0.1, -0.05) is 12.1 Å². The van der Waals surface area contributed by atoms with Gasteiger partial charge in [-0.25, -0.2) is 8.42 Å². The highest BCUT2D eigenvalue weighted by molar-refractivity contribution is 7.92. The molecule has 27 heavy (non-hydrogen) atoms. The van der Waals surface area contributed by atoms with E-state index >= 15 is 0 Å². The monoisotopic (exact) mass is 388 g/mol. The highest BCUT2D eigenvalue weighted by Gasteiger charge is 2.26. The fraction of sp³-hybridized carbons (Fsp3) is 0.350. The van der Waals surface area contributed by atoms with Crippen LogP contribution in [-0.4, -0.2) is 33.7 Å². The molecule has 0 atom stereocenters. The van der Waals surface area contributed by atoms with Crippen molar-refractivity contribution in [1.29, 1.82) is 0 Å². The largest absolute Gasteiger partial charge is 0.497 e. The number of anilines is 2. The third kappa shape index (κ3) is 4.42. The second kappa shape index (κ2) is 8.00. The molecule has 0 bridgehead atoms. The molecule has 0 radical (unpaired) electrons. The van der Waals surface area contributed by atoms with Crippen LogP contribution in [0.2, 0.25) is 0 Å². The molecule has 0 aliphatic carbocycles. The van der Waals surface area contributed by atoms with Crippen molar-refractivity contribution in [3.05, 3.63) is 53.6 Å². The van der Waals surface area contributed by atoms with E-state index in [1.165, 1.54) is 4.31 Å². The molecule has 0 spiro atoms. The Kier molecular flexibility index (Phi) is 5.70. The Hall–Kier alpha value is -2.54. The van der Waals surface area contributed by atoms with Crippen LogP contribution in [0.15, 0.2) is 42.5 Å². The van der Waals surface area contributed by atoms with Gasteiger partial charge in [0, 0.05) is 12.2 Å². The number of benzene rings is 2. The van der Waals surface area contributed by atoms with E-state index in [0.29, 0.717) is 12.2 Å². The van der Waals surface area contributed by atoms with Gasteiger partial charge in [-0.15, -0.1) is 0 Å². The Morgan fingerprint density at radius 1 is 1.19 bits per heavy atom. The number of nitrogens with zero attached hydrogens (tertiary/aromatic N) is 1. The van der Waals surface area contributed by atoms with E-state index in [9.17, 15) is 13.2 Å². The maximum Gasteiger partial charge on any atom is 0.234 e. The topological polar surface area (TPSA) is 75.7 Å². The van der Waals surface area contributed by atoms with Gasteiger partial charge in [0.15, 0.2) is 0 Å². The van der Waals surface area contributed by atoms with Gasteiger partial charge in [-0.05, 0) is 61.2 Å². The van der Waals surface area contributed by atoms with E-state index in [0.717, 1.165) is 35.4 Å². The molecule has 1 aliphatic rings. The molecule has 0 saturated carbocycles. The van der Waals surface area contributed by atoms with E-state index in [-0.39, 0.29) is 18.1 Å². The van der Waals surface area contributed by atoms with Crippen molar-refractivity contribution in [1.82, 2.24) is 0 Å². The molecule has 0 saturated heterocycles. The SMILES string of the molecule is CCS(=O)(=O)N1CCCc2cc(NC(=O)Cc3ccc(OC)cc3)ccc21. The highest BCUT2D eigenvalue weighted by atomic mass is 32.2. The van der Waals surface area contributed by atoms with Crippen LogP contribution in [0.4, 0.5) is 11.4 Å². The van der Waals surface area contributed by atoms with Crippen molar-refractivity contribution < 1.29 is 17.9 Å². The lowest BCUT2D eigenvalue weighted by atomic mass is 10.0. The minimum Gasteiger partial charge on any atom is -0.497 e. The second-order valence-corrected chi connectivity index (χ2v) is 8.67. The number of carbonyl (C=O) groups excluding carboxylic acids is 1. The first-order valence-electron chi connectivity index (χ1n) is 8.99. The van der Waals surface area contributed by atoms with Crippen LogP contribution in [-0.2, 0) is 27.7 Å². The molecule has 0 unspecified atom stereocenters. The van der Waals surface area contributed by atoms with E-state index in [1.54, 1.807) is 26.2 Å². The number of hydrogen-bond acceptors (Lipinski definition) is 4. The number of ether oxygens (including phenoxy) is 1. The van der Waals surface area contributed by atoms with Crippen molar-refractivity contribution in [3.8, 4) is 5.75 Å². The smallest absolute Gasteiger partial charge is 0.234 e. The lowest BCUT2D eigenvalue weighted by molar-refractivity contribution is -0.115. The van der Waals surface area contributed by atoms with Crippen LogP contribution >= 0.6 is 0 Å². The molecule has 1 aliphatic heterocycles. The number of sulfonamides is 1. The predicted octanol–water partition coefficient (Wildman–Crippen LogP) is 2.98. The van der Waals surface area contributed by atoms with Gasteiger partial charge in [-0.3, -0.25) is 9.10 Å². The molecule has 144 valence electrons. The lowest BCUT2D eigenvalue weighted by Crippen LogP contribution is -2.36. The Morgan fingerprint density at radius 3 is 2.59 bits per heavy atom. The predicted molar refractivity (Wildman–Crippen MR) is 107 cm³/mol. The summed E-state index contributed by atoms with van der Waals surface area (Å²) in [5.74, 6) is 0.710. The Bertz CT molecular complexity index is 923. The van der Waals surface area contributed by atoms with E-state index in [4.69, 9.17) is 4.74 Å². The summed E-state index contributed by atoms with van der Waals surface area (Å²) in [6.07, 6.45) is 1.83. The standard InChI is InChI=1S/C20H24N2O4S/c1-3-27(24,25)22-12-4-5-16-14-17(8-11-19(16)22)21-20(23)13-15-6-9-18(26-2)10-7-15/h6-11,14H,3-5,12-13H2,1-2H3,(H,21,23). The molecule has 2 aromatic carbocycles. The third-order valence-corrected chi connectivity index (χ3v) is 6.44. The lowest BCUT2D eigenvalue weighted by Gasteiger charge is -2.30. The average Bonchev–Trinajstić information content (AvgIpc) is 2.67. The van der Waals surface area contributed by atoms with Crippen molar-refractivity contribution >= 4 is 27.3 Å². The fourth-order valence-corrected chi connectivity index (χ4v) is 4.42. The first kappa shape index (κ1) is 19.2. The molecule has 7 heteroatoms. The number of fused-ring (bicyclic) bond motifs is 1. The molecular formula is C20H24N2O4S. The molecule has 1 N–H and O–H groups in total. The van der Waals surface area contributed by atoms with Crippen molar-refractivity contribution in [2.24, 2.45) is 0 Å². The molecule has 1 amide bonds. The Morgan fingerprint density at radius 2 is 1.93 bits per heavy atom. The first-order valence-corrected chi connectivity index (χ1v) is 10.6. The summed E-state index contributed by atoms with van der Waals surface area (Å²) in [5.41, 5.74) is 3.24. The Labute approximate surface area is 160 Å². The molecule has 3 rings (SSSR count). The van der Waals surface area contributed by atoms with Gasteiger partial charge in [0.05, 0.1) is 25.0 Å². The molecular weight excluding hydrogens is 364 g/mol. The van der Waals surface area contributed by atoms with Crippen LogP contribution in [0.1, 0.15) is 24.5 Å². The number of hydrogen-bond donors (Lipinski definition) is 1. The summed E-state index contributed by atoms with van der Waals surface area (Å²) in [5, 5.41) is 2.90. The maximum absolute atomic E-state index is 12.3. The highest BCUT2D eigenvalue weighted by Crippen LogP contribution is 2.31. The maximum atomic E-state index is 12.3. The summed E-state index contributed by atoms with van der Waals surface area (Å²) in [6.45, 7) is 2.16. The number of aryl methyl sites for hydroxylation is 1. The summed E-state index contributed by atoms with van der Waals surface area (Å²) < 4.78 is 31.1. The van der Waals surface area contributed by atoms with Gasteiger partial charge in [-0.2, -0.15) is 0 Å². The summed E-state index contributed by atoms with van der Waals surface area (Å²) in [6, 6.07) is 12.8. The molecule has 2 aromatic rings. The van der Waals surface area contributed by atoms with Gasteiger partial charge < -0.3 is 10.1 Å². The van der Waals surface area contributed by atoms with Crippen LogP contribution < -0.4 is 14.4 Å². The minimum atomic E-state index is -3.28. The zero-order valence-corrected chi connectivity index (χ0v) is 16.4. The summed E-state index contributed by atoms with van der Waals surface area (Å²) in [4.78, 5) is 12.3. The molecule has 0 aromatic heterocycles. The van der Waals surface area contributed by atoms with Gasteiger partial charge in [0.25, 0.3) is 0 Å². The van der Waals surface area contributed by atoms with Crippen LogP contribution in [0.3, 0.4) is 0 Å². The second-order valence-electron chi connectivity index (χ2n) is 6.49. The van der Waals surface area contributed by atoms with Gasteiger partial charge in [0.1, 0.15) is 5.75 Å². The van der Waals surface area contributed by atoms with Crippen molar-refractivity contribution in [3.63, 3.8) is 0 Å². The minimum absolute atomic E-state index is 0.0762.